The fourth-order valence-corrected chi connectivity index (χ4v) is 3.55. The maximum absolute atomic E-state index is 10.8. The van der Waals surface area contributed by atoms with Crippen molar-refractivity contribution in [2.75, 3.05) is 13.1 Å². The lowest BCUT2D eigenvalue weighted by Gasteiger charge is -2.37. The highest BCUT2D eigenvalue weighted by Gasteiger charge is 2.26. The summed E-state index contributed by atoms with van der Waals surface area (Å²) in [7, 11) is 0. The van der Waals surface area contributed by atoms with E-state index in [1.165, 1.54) is 5.56 Å². The molecule has 0 bridgehead atoms. The van der Waals surface area contributed by atoms with E-state index < -0.39 is 5.97 Å². The van der Waals surface area contributed by atoms with Crippen LogP contribution in [0.5, 0.6) is 0 Å². The Kier molecular flexibility index (Phi) is 5.61. The molecule has 3 nitrogen and oxygen atoms in total. The van der Waals surface area contributed by atoms with Crippen molar-refractivity contribution in [1.29, 1.82) is 0 Å². The maximum Gasteiger partial charge on any atom is 0.303 e. The predicted molar refractivity (Wildman–Crippen MR) is 83.7 cm³/mol. The highest BCUT2D eigenvalue weighted by molar-refractivity contribution is 9.10. The average molecular weight is 340 g/mol. The van der Waals surface area contributed by atoms with Gasteiger partial charge in [0.05, 0.1) is 0 Å². The number of nitrogens with zero attached hydrogens (tertiary/aromatic N) is 1. The molecule has 1 N–H and O–H groups in total. The van der Waals surface area contributed by atoms with E-state index in [-0.39, 0.29) is 0 Å². The number of carboxylic acids is 1. The van der Waals surface area contributed by atoms with E-state index in [9.17, 15) is 4.79 Å². The summed E-state index contributed by atoms with van der Waals surface area (Å²) in [5.74, 6) is -0.314. The molecule has 0 aromatic heterocycles. The zero-order valence-corrected chi connectivity index (χ0v) is 13.5. The van der Waals surface area contributed by atoms with Crippen molar-refractivity contribution in [2.45, 2.75) is 38.6 Å². The Balaban J connectivity index is 1.98. The Morgan fingerprint density at radius 2 is 2.15 bits per heavy atom. The van der Waals surface area contributed by atoms with Crippen LogP contribution in [-0.2, 0) is 4.79 Å². The molecule has 2 rings (SSSR count). The first-order chi connectivity index (χ1) is 9.60. The van der Waals surface area contributed by atoms with E-state index >= 15 is 0 Å². The van der Waals surface area contributed by atoms with Crippen LogP contribution in [0.2, 0.25) is 0 Å². The molecule has 1 saturated heterocycles. The van der Waals surface area contributed by atoms with Gasteiger partial charge < -0.3 is 5.11 Å². The third-order valence-corrected chi connectivity index (χ3v) is 4.67. The Hall–Kier alpha value is -0.870. The lowest BCUT2D eigenvalue weighted by Crippen LogP contribution is -2.37. The van der Waals surface area contributed by atoms with Crippen LogP contribution in [0.1, 0.15) is 44.2 Å². The summed E-state index contributed by atoms with van der Waals surface area (Å²) < 4.78 is 1.12. The highest BCUT2D eigenvalue weighted by atomic mass is 79.9. The molecule has 0 radical (unpaired) electrons. The molecule has 1 unspecified atom stereocenters. The van der Waals surface area contributed by atoms with Gasteiger partial charge in [0.15, 0.2) is 0 Å². The Labute approximate surface area is 129 Å². The predicted octanol–water partition coefficient (Wildman–Crippen LogP) is 4.09. The van der Waals surface area contributed by atoms with Crippen LogP contribution in [0.15, 0.2) is 28.7 Å². The van der Waals surface area contributed by atoms with Gasteiger partial charge in [0.25, 0.3) is 0 Å². The zero-order valence-electron chi connectivity index (χ0n) is 11.9. The number of halogens is 1. The van der Waals surface area contributed by atoms with Crippen LogP contribution in [0, 0.1) is 5.92 Å². The summed E-state index contributed by atoms with van der Waals surface area (Å²) in [6.45, 7) is 4.22. The Morgan fingerprint density at radius 3 is 2.70 bits per heavy atom. The van der Waals surface area contributed by atoms with Crippen molar-refractivity contribution in [3.05, 3.63) is 34.3 Å². The van der Waals surface area contributed by atoms with Gasteiger partial charge in [-0.05, 0) is 56.0 Å². The summed E-state index contributed by atoms with van der Waals surface area (Å²) in [5, 5.41) is 8.88. The summed E-state index contributed by atoms with van der Waals surface area (Å²) in [4.78, 5) is 13.3. The van der Waals surface area contributed by atoms with E-state index in [1.807, 2.05) is 0 Å². The van der Waals surface area contributed by atoms with Gasteiger partial charge >= 0.3 is 5.97 Å². The largest absolute Gasteiger partial charge is 0.481 e. The Morgan fingerprint density at radius 1 is 1.45 bits per heavy atom. The van der Waals surface area contributed by atoms with Gasteiger partial charge in [0, 0.05) is 16.9 Å². The molecule has 1 atom stereocenters. The van der Waals surface area contributed by atoms with Crippen LogP contribution in [0.25, 0.3) is 0 Å². The standard InChI is InChI=1S/C16H22BrNO2/c1-2-15(13-4-3-5-14(17)11-13)18-8-6-12(7-9-18)10-16(19)20/h3-5,11-12,15H,2,6-10H2,1H3,(H,19,20). The molecule has 4 heteroatoms. The molecule has 0 aliphatic carbocycles. The summed E-state index contributed by atoms with van der Waals surface area (Å²) in [6, 6.07) is 8.95. The van der Waals surface area contributed by atoms with Crippen LogP contribution in [0.4, 0.5) is 0 Å². The molecule has 1 fully saturated rings. The highest BCUT2D eigenvalue weighted by Crippen LogP contribution is 2.31. The number of carbonyl (C=O) groups is 1. The first-order valence-corrected chi connectivity index (χ1v) is 8.10. The maximum atomic E-state index is 10.8. The van der Waals surface area contributed by atoms with Gasteiger partial charge in [-0.15, -0.1) is 0 Å². The molecule has 0 saturated carbocycles. The number of hydrogen-bond acceptors (Lipinski definition) is 2. The molecule has 0 amide bonds. The second-order valence-corrected chi connectivity index (χ2v) is 6.47. The first-order valence-electron chi connectivity index (χ1n) is 7.31. The van der Waals surface area contributed by atoms with Crippen LogP contribution < -0.4 is 0 Å². The van der Waals surface area contributed by atoms with Crippen LogP contribution in [-0.4, -0.2) is 29.1 Å². The number of aliphatic carboxylic acids is 1. The second-order valence-electron chi connectivity index (χ2n) is 5.56. The minimum atomic E-state index is -0.664. The monoisotopic (exact) mass is 339 g/mol. The third-order valence-electron chi connectivity index (χ3n) is 4.17. The Bertz CT molecular complexity index is 456. The van der Waals surface area contributed by atoms with E-state index in [0.717, 1.165) is 36.8 Å². The van der Waals surface area contributed by atoms with E-state index in [0.29, 0.717) is 18.4 Å². The summed E-state index contributed by atoms with van der Waals surface area (Å²) in [5.41, 5.74) is 1.35. The average Bonchev–Trinajstić information content (AvgIpc) is 2.41. The summed E-state index contributed by atoms with van der Waals surface area (Å²) >= 11 is 3.54. The molecule has 0 spiro atoms. The van der Waals surface area contributed by atoms with Crippen molar-refractivity contribution >= 4 is 21.9 Å². The van der Waals surface area contributed by atoms with E-state index in [4.69, 9.17) is 5.11 Å². The van der Waals surface area contributed by atoms with E-state index in [1.54, 1.807) is 0 Å². The number of piperidine rings is 1. The van der Waals surface area contributed by atoms with Gasteiger partial charge in [0.1, 0.15) is 0 Å². The minimum absolute atomic E-state index is 0.321. The molecular weight excluding hydrogens is 318 g/mol. The number of rotatable bonds is 5. The normalized spacial score (nSPS) is 18.9. The summed E-state index contributed by atoms with van der Waals surface area (Å²) in [6.07, 6.45) is 3.40. The van der Waals surface area contributed by atoms with Crippen molar-refractivity contribution in [3.63, 3.8) is 0 Å². The first kappa shape index (κ1) is 15.5. The number of carboxylic acid groups (broad SMARTS) is 1. The SMILES string of the molecule is CCC(c1cccc(Br)c1)N1CCC(CC(=O)O)CC1. The molecule has 1 aliphatic rings. The molecule has 1 aliphatic heterocycles. The second kappa shape index (κ2) is 7.23. The van der Waals surface area contributed by atoms with Gasteiger partial charge in [-0.3, -0.25) is 9.69 Å². The van der Waals surface area contributed by atoms with Gasteiger partial charge in [-0.1, -0.05) is 35.0 Å². The molecule has 1 heterocycles. The molecular formula is C16H22BrNO2. The van der Waals surface area contributed by atoms with Crippen molar-refractivity contribution in [1.82, 2.24) is 4.90 Å². The third kappa shape index (κ3) is 4.06. The molecule has 20 heavy (non-hydrogen) atoms. The number of likely N-dealkylation sites (tertiary alicyclic amines) is 1. The number of benzene rings is 1. The number of hydrogen-bond donors (Lipinski definition) is 1. The van der Waals surface area contributed by atoms with Crippen LogP contribution >= 0.6 is 15.9 Å². The van der Waals surface area contributed by atoms with Crippen molar-refractivity contribution < 1.29 is 9.90 Å². The van der Waals surface area contributed by atoms with E-state index in [2.05, 4.69) is 52.0 Å². The lowest BCUT2D eigenvalue weighted by atomic mass is 9.91. The topological polar surface area (TPSA) is 40.5 Å². The fraction of sp³-hybridized carbons (Fsp3) is 0.562. The molecule has 1 aromatic rings. The van der Waals surface area contributed by atoms with Gasteiger partial charge in [0.2, 0.25) is 0 Å². The van der Waals surface area contributed by atoms with Crippen LogP contribution in [0.3, 0.4) is 0 Å². The van der Waals surface area contributed by atoms with Gasteiger partial charge in [-0.25, -0.2) is 0 Å². The van der Waals surface area contributed by atoms with Crippen molar-refractivity contribution in [3.8, 4) is 0 Å². The molecule has 110 valence electrons. The lowest BCUT2D eigenvalue weighted by molar-refractivity contribution is -0.138. The zero-order chi connectivity index (χ0) is 14.5. The quantitative estimate of drug-likeness (QED) is 0.878. The minimum Gasteiger partial charge on any atom is -0.481 e. The smallest absolute Gasteiger partial charge is 0.303 e. The van der Waals surface area contributed by atoms with Crippen molar-refractivity contribution in [2.24, 2.45) is 5.92 Å². The molecule has 1 aromatic carbocycles. The van der Waals surface area contributed by atoms with Gasteiger partial charge in [-0.2, -0.15) is 0 Å². The fourth-order valence-electron chi connectivity index (χ4n) is 3.13.